The highest BCUT2D eigenvalue weighted by Gasteiger charge is 2.40. The maximum atomic E-state index is 11.3. The Labute approximate surface area is 86.7 Å². The molecule has 0 bridgehead atoms. The number of rotatable bonds is 0. The van der Waals surface area contributed by atoms with E-state index in [2.05, 4.69) is 6.92 Å². The van der Waals surface area contributed by atoms with Gasteiger partial charge >= 0.3 is 0 Å². The van der Waals surface area contributed by atoms with Crippen molar-refractivity contribution < 1.29 is 4.79 Å². The van der Waals surface area contributed by atoms with Crippen LogP contribution in [0.5, 0.6) is 0 Å². The smallest absolute Gasteiger partial charge is 0.219 e. The molecule has 0 atom stereocenters. The van der Waals surface area contributed by atoms with Gasteiger partial charge in [0.15, 0.2) is 0 Å². The summed E-state index contributed by atoms with van der Waals surface area (Å²) in [5.41, 5.74) is 0.512. The van der Waals surface area contributed by atoms with Gasteiger partial charge in [-0.05, 0) is 30.6 Å². The normalized spacial score (nSPS) is 37.9. The molecule has 80 valence electrons. The van der Waals surface area contributed by atoms with Gasteiger partial charge in [0.05, 0.1) is 0 Å². The second-order valence-corrected chi connectivity index (χ2v) is 5.37. The minimum absolute atomic E-state index is 0.264. The van der Waals surface area contributed by atoms with E-state index in [4.69, 9.17) is 0 Å². The fourth-order valence-electron chi connectivity index (χ4n) is 2.99. The standard InChI is InChI=1S/C12H21NO/c1-10-3-5-12(6-4-10)7-8-13(9-12)11(2)14/h10H,3-9H2,1-2H3. The molecule has 1 saturated heterocycles. The second kappa shape index (κ2) is 3.56. The van der Waals surface area contributed by atoms with E-state index in [-0.39, 0.29) is 5.91 Å². The molecule has 1 aliphatic heterocycles. The zero-order valence-electron chi connectivity index (χ0n) is 9.38. The Balaban J connectivity index is 1.96. The van der Waals surface area contributed by atoms with Gasteiger partial charge in [0.1, 0.15) is 0 Å². The Bertz CT molecular complexity index is 228. The second-order valence-electron chi connectivity index (χ2n) is 5.37. The Morgan fingerprint density at radius 3 is 2.43 bits per heavy atom. The number of carbonyl (C=O) groups is 1. The first kappa shape index (κ1) is 10.0. The predicted octanol–water partition coefficient (Wildman–Crippen LogP) is 2.44. The third-order valence-corrected chi connectivity index (χ3v) is 4.22. The monoisotopic (exact) mass is 195 g/mol. The molecule has 2 aliphatic rings. The third-order valence-electron chi connectivity index (χ3n) is 4.22. The van der Waals surface area contributed by atoms with Crippen LogP contribution in [0.3, 0.4) is 0 Å². The molecule has 0 unspecified atom stereocenters. The molecule has 1 spiro atoms. The molecule has 0 radical (unpaired) electrons. The fraction of sp³-hybridized carbons (Fsp3) is 0.917. The van der Waals surface area contributed by atoms with Crippen molar-refractivity contribution in [1.82, 2.24) is 4.90 Å². The van der Waals surface area contributed by atoms with Crippen LogP contribution in [0.2, 0.25) is 0 Å². The average Bonchev–Trinajstić information content (AvgIpc) is 2.56. The van der Waals surface area contributed by atoms with Crippen LogP contribution in [0.4, 0.5) is 0 Å². The lowest BCUT2D eigenvalue weighted by molar-refractivity contribution is -0.128. The largest absolute Gasteiger partial charge is 0.342 e. The van der Waals surface area contributed by atoms with Crippen LogP contribution in [0.25, 0.3) is 0 Å². The molecule has 0 aromatic rings. The van der Waals surface area contributed by atoms with Crippen molar-refractivity contribution in [1.29, 1.82) is 0 Å². The van der Waals surface area contributed by atoms with E-state index in [1.165, 1.54) is 32.1 Å². The maximum absolute atomic E-state index is 11.3. The molecule has 1 amide bonds. The molecule has 2 rings (SSSR count). The van der Waals surface area contributed by atoms with Gasteiger partial charge in [0.25, 0.3) is 0 Å². The van der Waals surface area contributed by atoms with Crippen molar-refractivity contribution in [3.63, 3.8) is 0 Å². The quantitative estimate of drug-likeness (QED) is 0.581. The summed E-state index contributed by atoms with van der Waals surface area (Å²) in [4.78, 5) is 13.3. The average molecular weight is 195 g/mol. The topological polar surface area (TPSA) is 20.3 Å². The van der Waals surface area contributed by atoms with E-state index in [9.17, 15) is 4.79 Å². The van der Waals surface area contributed by atoms with Gasteiger partial charge in [0, 0.05) is 20.0 Å². The lowest BCUT2D eigenvalue weighted by atomic mass is 9.70. The number of hydrogen-bond donors (Lipinski definition) is 0. The molecule has 14 heavy (non-hydrogen) atoms. The molecule has 1 aliphatic carbocycles. The molecule has 0 aromatic carbocycles. The van der Waals surface area contributed by atoms with Crippen molar-refractivity contribution in [3.8, 4) is 0 Å². The number of amides is 1. The number of hydrogen-bond acceptors (Lipinski definition) is 1. The van der Waals surface area contributed by atoms with E-state index < -0.39 is 0 Å². The SMILES string of the molecule is CC(=O)N1CCC2(CCC(C)CC2)C1. The number of likely N-dealkylation sites (tertiary alicyclic amines) is 1. The Hall–Kier alpha value is -0.530. The molecule has 1 heterocycles. The van der Waals surface area contributed by atoms with Crippen LogP contribution in [0.15, 0.2) is 0 Å². The van der Waals surface area contributed by atoms with Crippen LogP contribution in [0, 0.1) is 11.3 Å². The summed E-state index contributed by atoms with van der Waals surface area (Å²) in [7, 11) is 0. The number of nitrogens with zero attached hydrogens (tertiary/aromatic N) is 1. The van der Waals surface area contributed by atoms with Crippen molar-refractivity contribution >= 4 is 5.91 Å². The van der Waals surface area contributed by atoms with Crippen LogP contribution in [-0.2, 0) is 4.79 Å². The Morgan fingerprint density at radius 1 is 1.29 bits per heavy atom. The van der Waals surface area contributed by atoms with Gasteiger partial charge in [-0.25, -0.2) is 0 Å². The summed E-state index contributed by atoms with van der Waals surface area (Å²) in [6.07, 6.45) is 6.67. The van der Waals surface area contributed by atoms with Crippen molar-refractivity contribution in [2.24, 2.45) is 11.3 Å². The van der Waals surface area contributed by atoms with Crippen LogP contribution >= 0.6 is 0 Å². The molecule has 0 N–H and O–H groups in total. The third kappa shape index (κ3) is 1.79. The van der Waals surface area contributed by atoms with Gasteiger partial charge in [0.2, 0.25) is 5.91 Å². The van der Waals surface area contributed by atoms with Gasteiger partial charge in [-0.1, -0.05) is 19.8 Å². The number of carbonyl (C=O) groups excluding carboxylic acids is 1. The van der Waals surface area contributed by atoms with E-state index in [1.54, 1.807) is 6.92 Å². The van der Waals surface area contributed by atoms with Crippen molar-refractivity contribution in [2.45, 2.75) is 46.0 Å². The van der Waals surface area contributed by atoms with Gasteiger partial charge in [-0.2, -0.15) is 0 Å². The lowest BCUT2D eigenvalue weighted by Crippen LogP contribution is -2.32. The molecule has 2 heteroatoms. The Kier molecular flexibility index (Phi) is 2.54. The van der Waals surface area contributed by atoms with Crippen LogP contribution < -0.4 is 0 Å². The Morgan fingerprint density at radius 2 is 1.93 bits per heavy atom. The van der Waals surface area contributed by atoms with E-state index in [1.807, 2.05) is 4.90 Å². The summed E-state index contributed by atoms with van der Waals surface area (Å²) < 4.78 is 0. The summed E-state index contributed by atoms with van der Waals surface area (Å²) in [6, 6.07) is 0. The highest BCUT2D eigenvalue weighted by Crippen LogP contribution is 2.45. The van der Waals surface area contributed by atoms with Gasteiger partial charge in [-0.3, -0.25) is 4.79 Å². The van der Waals surface area contributed by atoms with Crippen LogP contribution in [-0.4, -0.2) is 23.9 Å². The first-order valence-corrected chi connectivity index (χ1v) is 5.87. The molecule has 0 aromatic heterocycles. The summed E-state index contributed by atoms with van der Waals surface area (Å²) in [5.74, 6) is 1.17. The van der Waals surface area contributed by atoms with Gasteiger partial charge in [-0.15, -0.1) is 0 Å². The molecule has 2 fully saturated rings. The zero-order chi connectivity index (χ0) is 10.2. The maximum Gasteiger partial charge on any atom is 0.219 e. The zero-order valence-corrected chi connectivity index (χ0v) is 9.38. The van der Waals surface area contributed by atoms with Gasteiger partial charge < -0.3 is 4.90 Å². The summed E-state index contributed by atoms with van der Waals surface area (Å²) in [5, 5.41) is 0. The van der Waals surface area contributed by atoms with Crippen molar-refractivity contribution in [3.05, 3.63) is 0 Å². The predicted molar refractivity (Wildman–Crippen MR) is 56.9 cm³/mol. The first-order valence-electron chi connectivity index (χ1n) is 5.87. The highest BCUT2D eigenvalue weighted by molar-refractivity contribution is 5.73. The van der Waals surface area contributed by atoms with E-state index in [0.29, 0.717) is 5.41 Å². The molecular formula is C12H21NO. The molecule has 2 nitrogen and oxygen atoms in total. The molecule has 1 saturated carbocycles. The highest BCUT2D eigenvalue weighted by atomic mass is 16.2. The molecular weight excluding hydrogens is 174 g/mol. The lowest BCUT2D eigenvalue weighted by Gasteiger charge is -2.35. The first-order chi connectivity index (χ1) is 6.61. The van der Waals surface area contributed by atoms with E-state index in [0.717, 1.165) is 19.0 Å². The van der Waals surface area contributed by atoms with Crippen molar-refractivity contribution in [2.75, 3.05) is 13.1 Å². The summed E-state index contributed by atoms with van der Waals surface area (Å²) in [6.45, 7) is 6.09. The van der Waals surface area contributed by atoms with Crippen LogP contribution in [0.1, 0.15) is 46.0 Å². The fourth-order valence-corrected chi connectivity index (χ4v) is 2.99. The minimum atomic E-state index is 0.264. The minimum Gasteiger partial charge on any atom is -0.342 e. The summed E-state index contributed by atoms with van der Waals surface area (Å²) >= 11 is 0. The van der Waals surface area contributed by atoms with E-state index >= 15 is 0 Å².